The van der Waals surface area contributed by atoms with Crippen molar-refractivity contribution in [3.05, 3.63) is 45.5 Å². The Balaban J connectivity index is 1.86. The molecule has 0 N–H and O–H groups in total. The fourth-order valence-corrected chi connectivity index (χ4v) is 4.67. The Bertz CT molecular complexity index is 1440. The van der Waals surface area contributed by atoms with Crippen LogP contribution in [-0.2, 0) is 4.74 Å². The lowest BCUT2D eigenvalue weighted by Gasteiger charge is -2.41. The van der Waals surface area contributed by atoms with Gasteiger partial charge in [-0.1, -0.05) is 25.4 Å². The largest absolute Gasteiger partial charge is 0.494 e. The lowest BCUT2D eigenvalue weighted by molar-refractivity contribution is 0.0218. The highest BCUT2D eigenvalue weighted by atomic mass is 35.5. The summed E-state index contributed by atoms with van der Waals surface area (Å²) in [5.74, 6) is -0.161. The Labute approximate surface area is 225 Å². The van der Waals surface area contributed by atoms with Crippen LogP contribution >= 0.6 is 11.6 Å². The molecule has 38 heavy (non-hydrogen) atoms. The predicted molar refractivity (Wildman–Crippen MR) is 143 cm³/mol. The van der Waals surface area contributed by atoms with Crippen molar-refractivity contribution in [3.8, 4) is 11.4 Å². The number of carbonyl (C=O) groups excluding carboxylic acids is 1. The first-order valence-corrected chi connectivity index (χ1v) is 12.8. The lowest BCUT2D eigenvalue weighted by atomic mass is 10.1. The highest BCUT2D eigenvalue weighted by Crippen LogP contribution is 2.34. The number of halogens is 2. The number of nitrogens with zero attached hydrogens (tertiary/aromatic N) is 6. The Hall–Kier alpha value is -3.47. The van der Waals surface area contributed by atoms with Crippen LogP contribution in [0.25, 0.3) is 16.7 Å². The lowest BCUT2D eigenvalue weighted by Crippen LogP contribution is -2.55. The van der Waals surface area contributed by atoms with Crippen molar-refractivity contribution in [1.29, 1.82) is 0 Å². The number of amides is 1. The maximum absolute atomic E-state index is 14.8. The van der Waals surface area contributed by atoms with E-state index in [4.69, 9.17) is 21.1 Å². The van der Waals surface area contributed by atoms with Gasteiger partial charge in [-0.25, -0.2) is 23.5 Å². The van der Waals surface area contributed by atoms with Gasteiger partial charge >= 0.3 is 11.8 Å². The first-order valence-electron chi connectivity index (χ1n) is 12.4. The van der Waals surface area contributed by atoms with Crippen LogP contribution in [0.2, 0.25) is 5.15 Å². The van der Waals surface area contributed by atoms with E-state index in [9.17, 15) is 14.0 Å². The summed E-state index contributed by atoms with van der Waals surface area (Å²) in [5.41, 5.74) is -0.176. The highest BCUT2D eigenvalue weighted by molar-refractivity contribution is 6.30. The van der Waals surface area contributed by atoms with Crippen LogP contribution in [0, 0.1) is 5.82 Å². The van der Waals surface area contributed by atoms with Gasteiger partial charge in [0.15, 0.2) is 16.6 Å². The first kappa shape index (κ1) is 27.6. The third-order valence-electron chi connectivity index (χ3n) is 6.22. The average Bonchev–Trinajstić information content (AvgIpc) is 2.83. The summed E-state index contributed by atoms with van der Waals surface area (Å²) in [6, 6.07) is 2.62. The minimum Gasteiger partial charge on any atom is -0.494 e. The molecule has 4 heterocycles. The van der Waals surface area contributed by atoms with Gasteiger partial charge in [0.2, 0.25) is 0 Å². The van der Waals surface area contributed by atoms with Crippen molar-refractivity contribution in [2.45, 2.75) is 59.1 Å². The molecule has 3 aromatic heterocycles. The number of aromatic nitrogens is 4. The van der Waals surface area contributed by atoms with Crippen molar-refractivity contribution < 1.29 is 18.7 Å². The molecule has 0 bridgehead atoms. The quantitative estimate of drug-likeness (QED) is 0.439. The van der Waals surface area contributed by atoms with E-state index < -0.39 is 23.2 Å². The van der Waals surface area contributed by atoms with E-state index in [0.29, 0.717) is 42.2 Å². The van der Waals surface area contributed by atoms with Gasteiger partial charge in [-0.15, -0.1) is 0 Å². The van der Waals surface area contributed by atoms with E-state index in [-0.39, 0.29) is 28.6 Å². The Kier molecular flexibility index (Phi) is 7.51. The number of ether oxygens (including phenoxy) is 2. The molecule has 1 fully saturated rings. The van der Waals surface area contributed by atoms with Crippen LogP contribution in [0.4, 0.5) is 15.0 Å². The molecule has 4 rings (SSSR count). The number of rotatable bonds is 4. The fourth-order valence-electron chi connectivity index (χ4n) is 4.53. The molecule has 12 heteroatoms. The molecule has 0 saturated carbocycles. The molecule has 0 radical (unpaired) electrons. The molecule has 0 aliphatic carbocycles. The van der Waals surface area contributed by atoms with E-state index in [0.717, 1.165) is 0 Å². The summed E-state index contributed by atoms with van der Waals surface area (Å²) in [6.45, 7) is 12.2. The van der Waals surface area contributed by atoms with E-state index in [1.165, 1.54) is 17.7 Å². The zero-order valence-electron chi connectivity index (χ0n) is 22.6. The van der Waals surface area contributed by atoms with Crippen molar-refractivity contribution in [2.75, 3.05) is 31.6 Å². The molecule has 1 unspecified atom stereocenters. The number of hydrogen-bond donors (Lipinski definition) is 0. The maximum Gasteiger partial charge on any atom is 0.410 e. The Morgan fingerprint density at radius 1 is 1.24 bits per heavy atom. The highest BCUT2D eigenvalue weighted by Gasteiger charge is 2.33. The van der Waals surface area contributed by atoms with Crippen molar-refractivity contribution >= 4 is 34.5 Å². The molecule has 1 saturated heterocycles. The number of fused-ring (bicyclic) bond motifs is 1. The molecular formula is C26H32ClFN6O4. The zero-order chi connectivity index (χ0) is 27.9. The van der Waals surface area contributed by atoms with Crippen LogP contribution in [0.3, 0.4) is 0 Å². The number of hydrogen-bond acceptors (Lipinski definition) is 8. The van der Waals surface area contributed by atoms with Gasteiger partial charge in [0.25, 0.3) is 0 Å². The topological polar surface area (TPSA) is 103 Å². The van der Waals surface area contributed by atoms with Gasteiger partial charge in [-0.3, -0.25) is 4.98 Å². The third kappa shape index (κ3) is 5.24. The SMILES string of the molecule is COc1ccnc(C(C)C)c1-n1c(=O)nc(N2CCN(C(=O)OC(C)(C)C)CC2C)c2cc(F)c(Cl)nc21. The Morgan fingerprint density at radius 2 is 1.95 bits per heavy atom. The molecular weight excluding hydrogens is 515 g/mol. The van der Waals surface area contributed by atoms with Crippen molar-refractivity contribution in [1.82, 2.24) is 24.4 Å². The molecule has 204 valence electrons. The molecule has 0 spiro atoms. The minimum absolute atomic E-state index is 0.0707. The Morgan fingerprint density at radius 3 is 2.55 bits per heavy atom. The number of methoxy groups -OCH3 is 1. The zero-order valence-corrected chi connectivity index (χ0v) is 23.3. The van der Waals surface area contributed by atoms with Crippen molar-refractivity contribution in [3.63, 3.8) is 0 Å². The van der Waals surface area contributed by atoms with E-state index in [1.807, 2.05) is 46.4 Å². The minimum atomic E-state index is -0.741. The third-order valence-corrected chi connectivity index (χ3v) is 6.48. The average molecular weight is 547 g/mol. The van der Waals surface area contributed by atoms with Crippen molar-refractivity contribution in [2.24, 2.45) is 0 Å². The summed E-state index contributed by atoms with van der Waals surface area (Å²) in [6.07, 6.45) is 1.18. The predicted octanol–water partition coefficient (Wildman–Crippen LogP) is 4.55. The summed E-state index contributed by atoms with van der Waals surface area (Å²) < 4.78 is 27.1. The second-order valence-corrected chi connectivity index (χ2v) is 10.9. The van der Waals surface area contributed by atoms with Crippen LogP contribution in [0.15, 0.2) is 23.1 Å². The first-order chi connectivity index (χ1) is 17.8. The van der Waals surface area contributed by atoms with Crippen LogP contribution in [0.5, 0.6) is 5.75 Å². The van der Waals surface area contributed by atoms with Gasteiger partial charge < -0.3 is 19.3 Å². The second kappa shape index (κ2) is 10.4. The smallest absolute Gasteiger partial charge is 0.410 e. The molecule has 1 aliphatic heterocycles. The molecule has 10 nitrogen and oxygen atoms in total. The van der Waals surface area contributed by atoms with E-state index in [2.05, 4.69) is 15.0 Å². The van der Waals surface area contributed by atoms with Crippen LogP contribution in [-0.4, -0.2) is 68.9 Å². The van der Waals surface area contributed by atoms with E-state index >= 15 is 0 Å². The number of anilines is 1. The van der Waals surface area contributed by atoms with Gasteiger partial charge in [0.05, 0.1) is 18.2 Å². The normalized spacial score (nSPS) is 16.3. The summed E-state index contributed by atoms with van der Waals surface area (Å²) in [7, 11) is 1.49. The summed E-state index contributed by atoms with van der Waals surface area (Å²) in [5, 5.41) is -0.0794. The molecule has 1 amide bonds. The summed E-state index contributed by atoms with van der Waals surface area (Å²) >= 11 is 6.11. The summed E-state index contributed by atoms with van der Waals surface area (Å²) in [4.78, 5) is 42.9. The second-order valence-electron chi connectivity index (χ2n) is 10.6. The monoisotopic (exact) mass is 546 g/mol. The fraction of sp³-hybridized carbons (Fsp3) is 0.500. The van der Waals surface area contributed by atoms with Crippen LogP contribution < -0.4 is 15.3 Å². The molecule has 1 aliphatic rings. The standard InChI is InChI=1S/C26H32ClFN6O4/c1-14(2)19-20(18(37-7)8-9-29-19)34-23-16(12-17(28)21(27)30-23)22(31-24(34)35)33-11-10-32(13-15(33)3)25(36)38-26(4,5)6/h8-9,12,14-15H,10-11,13H2,1-7H3. The molecule has 1 atom stereocenters. The molecule has 3 aromatic rings. The molecule has 0 aromatic carbocycles. The maximum atomic E-state index is 14.8. The number of pyridine rings is 2. The van der Waals surface area contributed by atoms with Crippen LogP contribution in [0.1, 0.15) is 53.2 Å². The number of carbonyl (C=O) groups is 1. The van der Waals surface area contributed by atoms with Gasteiger partial charge in [-0.05, 0) is 39.7 Å². The van der Waals surface area contributed by atoms with Gasteiger partial charge in [0.1, 0.15) is 22.9 Å². The number of piperazine rings is 1. The van der Waals surface area contributed by atoms with Gasteiger partial charge in [-0.2, -0.15) is 4.98 Å². The van der Waals surface area contributed by atoms with E-state index in [1.54, 1.807) is 17.2 Å². The van der Waals surface area contributed by atoms with Gasteiger partial charge in [0, 0.05) is 37.9 Å².